The van der Waals surface area contributed by atoms with E-state index in [1.54, 1.807) is 18.2 Å². The molecule has 132 valence electrons. The maximum absolute atomic E-state index is 13.0. The number of halogens is 2. The molecular formula is C19H15FIN3O2. The van der Waals surface area contributed by atoms with Crippen molar-refractivity contribution in [3.05, 3.63) is 86.0 Å². The van der Waals surface area contributed by atoms with E-state index in [2.05, 4.69) is 33.0 Å². The zero-order valence-corrected chi connectivity index (χ0v) is 15.8. The monoisotopic (exact) mass is 463 g/mol. The normalized spacial score (nSPS) is 10.5. The first-order valence-corrected chi connectivity index (χ1v) is 8.94. The highest BCUT2D eigenvalue weighted by Gasteiger charge is 2.08. The molecule has 0 radical (unpaired) electrons. The van der Waals surface area contributed by atoms with Crippen molar-refractivity contribution >= 4 is 28.5 Å². The molecule has 0 aliphatic carbocycles. The predicted octanol–water partition coefficient (Wildman–Crippen LogP) is 2.97. The summed E-state index contributed by atoms with van der Waals surface area (Å²) in [5.74, 6) is -0.661. The van der Waals surface area contributed by atoms with Crippen LogP contribution in [0.4, 0.5) is 4.39 Å². The maximum Gasteiger partial charge on any atom is 0.267 e. The minimum atomic E-state index is -0.375. The standard InChI is InChI=1S/C19H15FIN3O2/c20-15-5-3-14(4-6-15)17-9-10-19(26)24(23-17)12-18(25)22-11-13-1-7-16(21)8-2-13/h1-10H,11-12H2,(H,22,25). The van der Waals surface area contributed by atoms with E-state index >= 15 is 0 Å². The van der Waals surface area contributed by atoms with Gasteiger partial charge in [-0.3, -0.25) is 9.59 Å². The Labute approximate surface area is 163 Å². The van der Waals surface area contributed by atoms with Gasteiger partial charge in [0.25, 0.3) is 5.56 Å². The van der Waals surface area contributed by atoms with Crippen LogP contribution in [0, 0.1) is 9.39 Å². The lowest BCUT2D eigenvalue weighted by molar-refractivity contribution is -0.122. The van der Waals surface area contributed by atoms with E-state index in [1.165, 1.54) is 18.2 Å². The fourth-order valence-electron chi connectivity index (χ4n) is 2.33. The van der Waals surface area contributed by atoms with Crippen LogP contribution in [-0.2, 0) is 17.9 Å². The summed E-state index contributed by atoms with van der Waals surface area (Å²) in [6, 6.07) is 16.5. The number of carbonyl (C=O) groups is 1. The van der Waals surface area contributed by atoms with Gasteiger partial charge in [0.05, 0.1) is 5.69 Å². The lowest BCUT2D eigenvalue weighted by atomic mass is 10.1. The SMILES string of the molecule is O=C(Cn1nc(-c2ccc(F)cc2)ccc1=O)NCc1ccc(I)cc1. The third-order valence-electron chi connectivity index (χ3n) is 3.70. The van der Waals surface area contributed by atoms with Gasteiger partial charge in [0.15, 0.2) is 0 Å². The number of aromatic nitrogens is 2. The van der Waals surface area contributed by atoms with Crippen LogP contribution in [-0.4, -0.2) is 15.7 Å². The van der Waals surface area contributed by atoms with Crippen molar-refractivity contribution in [1.29, 1.82) is 0 Å². The third-order valence-corrected chi connectivity index (χ3v) is 4.42. The fraction of sp³-hybridized carbons (Fsp3) is 0.105. The number of amides is 1. The van der Waals surface area contributed by atoms with Gasteiger partial charge in [0.2, 0.25) is 5.91 Å². The van der Waals surface area contributed by atoms with Crippen LogP contribution in [0.3, 0.4) is 0 Å². The number of rotatable bonds is 5. The molecule has 0 unspecified atom stereocenters. The second kappa shape index (κ2) is 8.22. The molecule has 1 N–H and O–H groups in total. The minimum absolute atomic E-state index is 0.182. The number of benzene rings is 2. The topological polar surface area (TPSA) is 64.0 Å². The number of carbonyl (C=O) groups excluding carboxylic acids is 1. The molecule has 0 saturated heterocycles. The zero-order valence-electron chi connectivity index (χ0n) is 13.7. The van der Waals surface area contributed by atoms with Crippen LogP contribution in [0.1, 0.15) is 5.56 Å². The Morgan fingerprint density at radius 2 is 1.73 bits per heavy atom. The minimum Gasteiger partial charge on any atom is -0.350 e. The Bertz CT molecular complexity index is 969. The van der Waals surface area contributed by atoms with Crippen LogP contribution in [0.15, 0.2) is 65.5 Å². The third kappa shape index (κ3) is 4.75. The molecule has 0 atom stereocenters. The molecule has 0 spiro atoms. The summed E-state index contributed by atoms with van der Waals surface area (Å²) in [7, 11) is 0. The maximum atomic E-state index is 13.0. The summed E-state index contributed by atoms with van der Waals surface area (Å²) >= 11 is 2.21. The van der Waals surface area contributed by atoms with Gasteiger partial charge in [-0.25, -0.2) is 9.07 Å². The van der Waals surface area contributed by atoms with E-state index in [1.807, 2.05) is 24.3 Å². The lowest BCUT2D eigenvalue weighted by Gasteiger charge is -2.08. The second-order valence-corrected chi connectivity index (χ2v) is 6.87. The molecule has 1 amide bonds. The van der Waals surface area contributed by atoms with Gasteiger partial charge in [-0.1, -0.05) is 12.1 Å². The van der Waals surface area contributed by atoms with E-state index in [-0.39, 0.29) is 23.8 Å². The number of nitrogens with one attached hydrogen (secondary N) is 1. The lowest BCUT2D eigenvalue weighted by Crippen LogP contribution is -2.33. The Balaban J connectivity index is 1.69. The van der Waals surface area contributed by atoms with Crippen molar-refractivity contribution in [2.45, 2.75) is 13.1 Å². The van der Waals surface area contributed by atoms with Gasteiger partial charge in [-0.15, -0.1) is 0 Å². The van der Waals surface area contributed by atoms with E-state index in [0.29, 0.717) is 17.8 Å². The molecule has 3 aromatic rings. The molecule has 1 heterocycles. The van der Waals surface area contributed by atoms with Gasteiger partial charge in [-0.05, 0) is 70.6 Å². The van der Waals surface area contributed by atoms with Crippen LogP contribution >= 0.6 is 22.6 Å². The highest BCUT2D eigenvalue weighted by molar-refractivity contribution is 14.1. The average molecular weight is 463 g/mol. The molecule has 0 fully saturated rings. The van der Waals surface area contributed by atoms with Crippen molar-refractivity contribution in [2.24, 2.45) is 0 Å². The van der Waals surface area contributed by atoms with Crippen LogP contribution in [0.25, 0.3) is 11.3 Å². The zero-order chi connectivity index (χ0) is 18.5. The largest absolute Gasteiger partial charge is 0.350 e. The molecule has 26 heavy (non-hydrogen) atoms. The molecule has 0 bridgehead atoms. The first kappa shape index (κ1) is 18.2. The van der Waals surface area contributed by atoms with Gasteiger partial charge in [0, 0.05) is 21.7 Å². The number of hydrogen-bond acceptors (Lipinski definition) is 3. The number of hydrogen-bond donors (Lipinski definition) is 1. The van der Waals surface area contributed by atoms with Crippen LogP contribution in [0.2, 0.25) is 0 Å². The molecule has 0 saturated carbocycles. The smallest absolute Gasteiger partial charge is 0.267 e. The van der Waals surface area contributed by atoms with E-state index in [0.717, 1.165) is 13.8 Å². The van der Waals surface area contributed by atoms with Crippen molar-refractivity contribution in [3.63, 3.8) is 0 Å². The Morgan fingerprint density at radius 1 is 1.04 bits per heavy atom. The summed E-state index contributed by atoms with van der Waals surface area (Å²) in [4.78, 5) is 24.1. The Morgan fingerprint density at radius 3 is 2.42 bits per heavy atom. The average Bonchev–Trinajstić information content (AvgIpc) is 2.64. The Hall–Kier alpha value is -2.55. The summed E-state index contributed by atoms with van der Waals surface area (Å²) in [6.45, 7) is 0.195. The Kier molecular flexibility index (Phi) is 5.77. The molecule has 3 rings (SSSR count). The quantitative estimate of drug-likeness (QED) is 0.592. The van der Waals surface area contributed by atoms with Crippen LogP contribution < -0.4 is 10.9 Å². The highest BCUT2D eigenvalue weighted by atomic mass is 127. The van der Waals surface area contributed by atoms with E-state index < -0.39 is 0 Å². The first-order valence-electron chi connectivity index (χ1n) is 7.86. The van der Waals surface area contributed by atoms with Gasteiger partial charge in [-0.2, -0.15) is 5.10 Å². The molecule has 7 heteroatoms. The van der Waals surface area contributed by atoms with Crippen molar-refractivity contribution in [2.75, 3.05) is 0 Å². The number of nitrogens with zero attached hydrogens (tertiary/aromatic N) is 2. The van der Waals surface area contributed by atoms with Gasteiger partial charge < -0.3 is 5.32 Å². The van der Waals surface area contributed by atoms with Gasteiger partial charge in [0.1, 0.15) is 12.4 Å². The molecule has 2 aromatic carbocycles. The predicted molar refractivity (Wildman–Crippen MR) is 105 cm³/mol. The molecular weight excluding hydrogens is 448 g/mol. The van der Waals surface area contributed by atoms with E-state index in [9.17, 15) is 14.0 Å². The first-order chi connectivity index (χ1) is 12.5. The summed E-state index contributed by atoms with van der Waals surface area (Å²) in [5, 5.41) is 6.97. The summed E-state index contributed by atoms with van der Waals surface area (Å²) < 4.78 is 15.3. The van der Waals surface area contributed by atoms with Crippen molar-refractivity contribution in [1.82, 2.24) is 15.1 Å². The van der Waals surface area contributed by atoms with Crippen molar-refractivity contribution in [3.8, 4) is 11.3 Å². The summed E-state index contributed by atoms with van der Waals surface area (Å²) in [6.07, 6.45) is 0. The fourth-order valence-corrected chi connectivity index (χ4v) is 2.69. The molecule has 5 nitrogen and oxygen atoms in total. The summed E-state index contributed by atoms with van der Waals surface area (Å²) in [5.41, 5.74) is 1.76. The molecule has 0 aliphatic heterocycles. The molecule has 1 aromatic heterocycles. The van der Waals surface area contributed by atoms with Crippen LogP contribution in [0.5, 0.6) is 0 Å². The van der Waals surface area contributed by atoms with E-state index in [4.69, 9.17) is 0 Å². The van der Waals surface area contributed by atoms with Crippen molar-refractivity contribution < 1.29 is 9.18 Å². The highest BCUT2D eigenvalue weighted by Crippen LogP contribution is 2.15. The second-order valence-electron chi connectivity index (χ2n) is 5.62. The molecule has 0 aliphatic rings. The van der Waals surface area contributed by atoms with Gasteiger partial charge >= 0.3 is 0 Å².